The molecule has 3 rings (SSSR count). The van der Waals surface area contributed by atoms with E-state index in [4.69, 9.17) is 11.6 Å². The fraction of sp³-hybridized carbons (Fsp3) is 0.529. The van der Waals surface area contributed by atoms with Crippen molar-refractivity contribution in [2.75, 3.05) is 0 Å². The summed E-state index contributed by atoms with van der Waals surface area (Å²) < 4.78 is 1.75. The van der Waals surface area contributed by atoms with Crippen LogP contribution < -0.4 is 0 Å². The van der Waals surface area contributed by atoms with E-state index < -0.39 is 5.60 Å². The molecule has 1 fully saturated rings. The van der Waals surface area contributed by atoms with Crippen LogP contribution >= 0.6 is 11.6 Å². The molecule has 118 valence electrons. The molecule has 1 aliphatic rings. The molecule has 4 nitrogen and oxygen atoms in total. The third-order valence-corrected chi connectivity index (χ3v) is 5.30. The van der Waals surface area contributed by atoms with Crippen molar-refractivity contribution in [1.29, 1.82) is 0 Å². The van der Waals surface area contributed by atoms with Crippen LogP contribution in [0.3, 0.4) is 0 Å². The Kier molecular flexibility index (Phi) is 4.50. The summed E-state index contributed by atoms with van der Waals surface area (Å²) in [6.45, 7) is 2.67. The van der Waals surface area contributed by atoms with E-state index in [1.54, 1.807) is 11.0 Å². The van der Waals surface area contributed by atoms with Gasteiger partial charge in [-0.15, -0.1) is 0 Å². The third kappa shape index (κ3) is 3.03. The molecule has 1 heterocycles. The van der Waals surface area contributed by atoms with Gasteiger partial charge in [-0.05, 0) is 48.8 Å². The lowest BCUT2D eigenvalue weighted by molar-refractivity contribution is -0.0545. The maximum Gasteiger partial charge on any atom is 0.137 e. The SMILES string of the molecule is CC[C@H]1CC[C@H](Cc2ccc(Cl)cc2)[C@@]1(O)Cn1cncn1. The first-order valence-electron chi connectivity index (χ1n) is 7.91. The lowest BCUT2D eigenvalue weighted by Gasteiger charge is -2.35. The van der Waals surface area contributed by atoms with Crippen molar-refractivity contribution in [3.05, 3.63) is 47.5 Å². The molecule has 0 bridgehead atoms. The molecule has 0 amide bonds. The quantitative estimate of drug-likeness (QED) is 0.919. The van der Waals surface area contributed by atoms with Crippen LogP contribution in [0.5, 0.6) is 0 Å². The van der Waals surface area contributed by atoms with E-state index in [2.05, 4.69) is 29.1 Å². The average Bonchev–Trinajstić information content (AvgIpc) is 3.11. The van der Waals surface area contributed by atoms with Gasteiger partial charge in [-0.2, -0.15) is 5.10 Å². The third-order valence-electron chi connectivity index (χ3n) is 5.05. The summed E-state index contributed by atoms with van der Waals surface area (Å²) in [5.41, 5.74) is 0.505. The van der Waals surface area contributed by atoms with E-state index in [-0.39, 0.29) is 5.92 Å². The number of benzene rings is 1. The van der Waals surface area contributed by atoms with Crippen molar-refractivity contribution in [3.8, 4) is 0 Å². The highest BCUT2D eigenvalue weighted by Crippen LogP contribution is 2.45. The summed E-state index contributed by atoms with van der Waals surface area (Å²) in [6.07, 6.45) is 7.18. The molecular weight excluding hydrogens is 298 g/mol. The predicted octanol–water partition coefficient (Wildman–Crippen LogP) is 3.34. The number of halogens is 1. The van der Waals surface area contributed by atoms with Crippen LogP contribution in [0.2, 0.25) is 5.02 Å². The molecule has 1 aromatic heterocycles. The van der Waals surface area contributed by atoms with E-state index in [1.165, 1.54) is 11.9 Å². The van der Waals surface area contributed by atoms with E-state index in [0.717, 1.165) is 30.7 Å². The number of aliphatic hydroxyl groups is 1. The van der Waals surface area contributed by atoms with Crippen LogP contribution in [-0.4, -0.2) is 25.5 Å². The number of nitrogens with zero attached hydrogens (tertiary/aromatic N) is 3. The van der Waals surface area contributed by atoms with Gasteiger partial charge in [0.05, 0.1) is 12.1 Å². The molecule has 0 saturated heterocycles. The molecule has 0 spiro atoms. The van der Waals surface area contributed by atoms with Gasteiger partial charge in [0.1, 0.15) is 12.7 Å². The van der Waals surface area contributed by atoms with E-state index >= 15 is 0 Å². The summed E-state index contributed by atoms with van der Waals surface area (Å²) in [5, 5.41) is 16.3. The average molecular weight is 320 g/mol. The molecule has 5 heteroatoms. The van der Waals surface area contributed by atoms with Gasteiger partial charge in [0.15, 0.2) is 0 Å². The first kappa shape index (κ1) is 15.5. The molecule has 1 saturated carbocycles. The molecule has 0 unspecified atom stereocenters. The zero-order chi connectivity index (χ0) is 15.6. The number of aromatic nitrogens is 3. The summed E-state index contributed by atoms with van der Waals surface area (Å²) in [5.74, 6) is 0.553. The Morgan fingerprint density at radius 2 is 2.00 bits per heavy atom. The molecule has 0 radical (unpaired) electrons. The van der Waals surface area contributed by atoms with Crippen LogP contribution in [0.4, 0.5) is 0 Å². The minimum atomic E-state index is -0.720. The van der Waals surface area contributed by atoms with Crippen molar-refractivity contribution >= 4 is 11.6 Å². The topological polar surface area (TPSA) is 50.9 Å². The number of hydrogen-bond donors (Lipinski definition) is 1. The zero-order valence-electron chi connectivity index (χ0n) is 12.8. The molecule has 2 aromatic rings. The fourth-order valence-electron chi connectivity index (χ4n) is 3.81. The Hall–Kier alpha value is -1.39. The van der Waals surface area contributed by atoms with Gasteiger partial charge in [0.25, 0.3) is 0 Å². The van der Waals surface area contributed by atoms with Gasteiger partial charge in [0, 0.05) is 5.02 Å². The maximum atomic E-state index is 11.4. The second-order valence-corrected chi connectivity index (χ2v) is 6.73. The first-order valence-corrected chi connectivity index (χ1v) is 8.29. The Morgan fingerprint density at radius 3 is 2.64 bits per heavy atom. The van der Waals surface area contributed by atoms with Crippen molar-refractivity contribution in [3.63, 3.8) is 0 Å². The molecule has 3 atom stereocenters. The Morgan fingerprint density at radius 1 is 1.27 bits per heavy atom. The van der Waals surface area contributed by atoms with E-state index in [1.807, 2.05) is 12.1 Å². The van der Waals surface area contributed by atoms with Crippen LogP contribution in [0.25, 0.3) is 0 Å². The molecule has 22 heavy (non-hydrogen) atoms. The van der Waals surface area contributed by atoms with Gasteiger partial charge in [-0.3, -0.25) is 4.68 Å². The van der Waals surface area contributed by atoms with Gasteiger partial charge in [-0.25, -0.2) is 4.98 Å². The van der Waals surface area contributed by atoms with Crippen molar-refractivity contribution in [2.45, 2.75) is 44.8 Å². The van der Waals surface area contributed by atoms with E-state index in [0.29, 0.717) is 12.5 Å². The van der Waals surface area contributed by atoms with Gasteiger partial charge in [-0.1, -0.05) is 37.1 Å². The van der Waals surface area contributed by atoms with Gasteiger partial charge in [0.2, 0.25) is 0 Å². The molecular formula is C17H22ClN3O. The normalized spacial score (nSPS) is 28.1. The molecule has 1 aliphatic carbocycles. The summed E-state index contributed by atoms with van der Waals surface area (Å²) >= 11 is 5.96. The Balaban J connectivity index is 1.80. The van der Waals surface area contributed by atoms with Crippen molar-refractivity contribution < 1.29 is 5.11 Å². The first-order chi connectivity index (χ1) is 10.6. The summed E-state index contributed by atoms with van der Waals surface area (Å²) in [4.78, 5) is 3.99. The highest BCUT2D eigenvalue weighted by Gasteiger charge is 2.48. The maximum absolute atomic E-state index is 11.4. The Labute approximate surface area is 136 Å². The largest absolute Gasteiger partial charge is 0.387 e. The van der Waals surface area contributed by atoms with Crippen molar-refractivity contribution in [1.82, 2.24) is 14.8 Å². The second-order valence-electron chi connectivity index (χ2n) is 6.29. The second kappa shape index (κ2) is 6.39. The molecule has 1 aromatic carbocycles. The molecule has 1 N–H and O–H groups in total. The van der Waals surface area contributed by atoms with Crippen LogP contribution in [0, 0.1) is 11.8 Å². The highest BCUT2D eigenvalue weighted by molar-refractivity contribution is 6.30. The summed E-state index contributed by atoms with van der Waals surface area (Å²) in [7, 11) is 0. The summed E-state index contributed by atoms with van der Waals surface area (Å²) in [6, 6.07) is 7.94. The minimum absolute atomic E-state index is 0.239. The zero-order valence-corrected chi connectivity index (χ0v) is 13.6. The minimum Gasteiger partial charge on any atom is -0.387 e. The Bertz CT molecular complexity index is 599. The lowest BCUT2D eigenvalue weighted by Crippen LogP contribution is -2.44. The standard InChI is InChI=1S/C17H22ClN3O/c1-2-14-5-6-15(9-13-3-7-16(18)8-4-13)17(14,22)10-21-12-19-11-20-21/h3-4,7-8,11-12,14-15,22H,2,5-6,9-10H2,1H3/t14-,15+,17+/m0/s1. The fourth-order valence-corrected chi connectivity index (χ4v) is 3.94. The lowest BCUT2D eigenvalue weighted by atomic mass is 9.80. The van der Waals surface area contributed by atoms with Gasteiger partial charge < -0.3 is 5.11 Å². The number of hydrogen-bond acceptors (Lipinski definition) is 3. The monoisotopic (exact) mass is 319 g/mol. The highest BCUT2D eigenvalue weighted by atomic mass is 35.5. The number of rotatable bonds is 5. The van der Waals surface area contributed by atoms with Crippen molar-refractivity contribution in [2.24, 2.45) is 11.8 Å². The van der Waals surface area contributed by atoms with Crippen LogP contribution in [0.1, 0.15) is 31.7 Å². The van der Waals surface area contributed by atoms with E-state index in [9.17, 15) is 5.11 Å². The van der Waals surface area contributed by atoms with Crippen LogP contribution in [-0.2, 0) is 13.0 Å². The van der Waals surface area contributed by atoms with Crippen LogP contribution in [0.15, 0.2) is 36.9 Å². The smallest absolute Gasteiger partial charge is 0.137 e. The molecule has 0 aliphatic heterocycles. The van der Waals surface area contributed by atoms with Gasteiger partial charge >= 0.3 is 0 Å². The predicted molar refractivity (Wildman–Crippen MR) is 86.6 cm³/mol.